The van der Waals surface area contributed by atoms with Gasteiger partial charge in [-0.2, -0.15) is 5.26 Å². The van der Waals surface area contributed by atoms with Gasteiger partial charge >= 0.3 is 0 Å². The molecular formula is C12H12ClNO. The van der Waals surface area contributed by atoms with Crippen molar-refractivity contribution in [2.24, 2.45) is 0 Å². The second kappa shape index (κ2) is 6.23. The van der Waals surface area contributed by atoms with E-state index in [9.17, 15) is 0 Å². The van der Waals surface area contributed by atoms with E-state index in [1.807, 2.05) is 31.2 Å². The molecule has 1 aromatic rings. The van der Waals surface area contributed by atoms with Gasteiger partial charge in [0.2, 0.25) is 0 Å². The van der Waals surface area contributed by atoms with Crippen molar-refractivity contribution in [3.8, 4) is 6.07 Å². The van der Waals surface area contributed by atoms with Crippen molar-refractivity contribution < 1.29 is 4.74 Å². The van der Waals surface area contributed by atoms with E-state index in [0.717, 1.165) is 5.56 Å². The topological polar surface area (TPSA) is 33.0 Å². The number of hydrogen-bond donors (Lipinski definition) is 0. The van der Waals surface area contributed by atoms with E-state index in [1.54, 1.807) is 12.1 Å². The fraction of sp³-hybridized carbons (Fsp3) is 0.250. The lowest BCUT2D eigenvalue weighted by Gasteiger charge is -2.04. The summed E-state index contributed by atoms with van der Waals surface area (Å²) >= 11 is 5.97. The molecule has 0 bridgehead atoms. The molecule has 1 aromatic carbocycles. The molecule has 2 nitrogen and oxygen atoms in total. The lowest BCUT2D eigenvalue weighted by Crippen LogP contribution is -1.94. The first kappa shape index (κ1) is 11.8. The molecule has 78 valence electrons. The zero-order valence-corrected chi connectivity index (χ0v) is 9.29. The molecular weight excluding hydrogens is 210 g/mol. The Morgan fingerprint density at radius 3 is 2.93 bits per heavy atom. The summed E-state index contributed by atoms with van der Waals surface area (Å²) in [6.07, 6.45) is 3.86. The molecule has 3 heteroatoms. The molecule has 0 heterocycles. The Labute approximate surface area is 94.7 Å². The Kier molecular flexibility index (Phi) is 4.89. The highest BCUT2D eigenvalue weighted by Crippen LogP contribution is 2.18. The molecule has 0 N–H and O–H groups in total. The second-order valence-corrected chi connectivity index (χ2v) is 3.41. The number of hydrogen-bond acceptors (Lipinski definition) is 2. The van der Waals surface area contributed by atoms with Crippen LogP contribution in [-0.4, -0.2) is 6.61 Å². The average Bonchev–Trinajstić information content (AvgIpc) is 2.26. The first-order valence-corrected chi connectivity index (χ1v) is 5.03. The number of ether oxygens (including phenoxy) is 1. The van der Waals surface area contributed by atoms with E-state index >= 15 is 0 Å². The number of halogens is 1. The summed E-state index contributed by atoms with van der Waals surface area (Å²) in [7, 11) is 0. The summed E-state index contributed by atoms with van der Waals surface area (Å²) in [4.78, 5) is 0. The number of benzene rings is 1. The molecule has 0 aromatic heterocycles. The summed E-state index contributed by atoms with van der Waals surface area (Å²) in [5.74, 6) is 0. The molecule has 0 saturated carbocycles. The molecule has 0 aliphatic heterocycles. The van der Waals surface area contributed by atoms with Crippen LogP contribution < -0.4 is 0 Å². The third kappa shape index (κ3) is 3.75. The summed E-state index contributed by atoms with van der Waals surface area (Å²) in [5, 5.41) is 9.23. The van der Waals surface area contributed by atoms with E-state index in [4.69, 9.17) is 21.6 Å². The van der Waals surface area contributed by atoms with E-state index in [-0.39, 0.29) is 0 Å². The minimum atomic E-state index is 0.467. The Morgan fingerprint density at radius 1 is 1.53 bits per heavy atom. The number of rotatable bonds is 4. The third-order valence-corrected chi connectivity index (χ3v) is 2.24. The van der Waals surface area contributed by atoms with Gasteiger partial charge in [-0.15, -0.1) is 0 Å². The second-order valence-electron chi connectivity index (χ2n) is 3.00. The predicted octanol–water partition coefficient (Wildman–Crippen LogP) is 3.30. The molecule has 0 aliphatic rings. The van der Waals surface area contributed by atoms with Gasteiger partial charge in [0.1, 0.15) is 0 Å². The first-order chi connectivity index (χ1) is 7.27. The van der Waals surface area contributed by atoms with Gasteiger partial charge in [0.25, 0.3) is 0 Å². The molecule has 0 unspecified atom stereocenters. The number of allylic oxidation sites excluding steroid dienone is 1. The molecule has 0 spiro atoms. The standard InChI is InChI=1S/C12H12ClNO/c1-2-3-6-15-9-11-5-4-10(8-14)7-12(11)13/h2-5,7H,6,9H2,1H3/b3-2+. The Balaban J connectivity index is 2.59. The number of nitriles is 1. The Morgan fingerprint density at radius 2 is 2.33 bits per heavy atom. The quantitative estimate of drug-likeness (QED) is 0.577. The lowest BCUT2D eigenvalue weighted by atomic mass is 10.1. The van der Waals surface area contributed by atoms with Crippen molar-refractivity contribution in [2.75, 3.05) is 6.61 Å². The molecule has 0 amide bonds. The summed E-state index contributed by atoms with van der Waals surface area (Å²) in [6.45, 7) is 2.99. The van der Waals surface area contributed by atoms with E-state index in [2.05, 4.69) is 0 Å². The van der Waals surface area contributed by atoms with Crippen molar-refractivity contribution in [3.63, 3.8) is 0 Å². The molecule has 0 fully saturated rings. The highest BCUT2D eigenvalue weighted by molar-refractivity contribution is 6.31. The highest BCUT2D eigenvalue weighted by atomic mass is 35.5. The molecule has 15 heavy (non-hydrogen) atoms. The van der Waals surface area contributed by atoms with Crippen molar-refractivity contribution in [3.05, 3.63) is 46.5 Å². The lowest BCUT2D eigenvalue weighted by molar-refractivity contribution is 0.148. The van der Waals surface area contributed by atoms with Gasteiger partial charge < -0.3 is 4.74 Å². The maximum Gasteiger partial charge on any atom is 0.0992 e. The Hall–Kier alpha value is -1.30. The fourth-order valence-electron chi connectivity index (χ4n) is 1.07. The van der Waals surface area contributed by atoms with Crippen LogP contribution in [0.4, 0.5) is 0 Å². The third-order valence-electron chi connectivity index (χ3n) is 1.89. The van der Waals surface area contributed by atoms with Crippen LogP contribution in [0.15, 0.2) is 30.4 Å². The minimum absolute atomic E-state index is 0.467. The monoisotopic (exact) mass is 221 g/mol. The largest absolute Gasteiger partial charge is 0.373 e. The van der Waals surface area contributed by atoms with Gasteiger partial charge in [-0.3, -0.25) is 0 Å². The van der Waals surface area contributed by atoms with Gasteiger partial charge in [0.05, 0.1) is 24.8 Å². The van der Waals surface area contributed by atoms with Crippen LogP contribution in [0.3, 0.4) is 0 Å². The van der Waals surface area contributed by atoms with Gasteiger partial charge in [0, 0.05) is 5.02 Å². The normalized spacial score (nSPS) is 10.5. The van der Waals surface area contributed by atoms with Crippen molar-refractivity contribution in [2.45, 2.75) is 13.5 Å². The predicted molar refractivity (Wildman–Crippen MR) is 60.6 cm³/mol. The highest BCUT2D eigenvalue weighted by Gasteiger charge is 2.01. The molecule has 0 atom stereocenters. The summed E-state index contributed by atoms with van der Waals surface area (Å²) in [5.41, 5.74) is 1.47. The molecule has 0 saturated heterocycles. The fourth-order valence-corrected chi connectivity index (χ4v) is 1.30. The first-order valence-electron chi connectivity index (χ1n) is 4.65. The minimum Gasteiger partial charge on any atom is -0.373 e. The van der Waals surface area contributed by atoms with Gasteiger partial charge in [-0.25, -0.2) is 0 Å². The van der Waals surface area contributed by atoms with E-state index in [1.165, 1.54) is 0 Å². The molecule has 0 radical (unpaired) electrons. The zero-order chi connectivity index (χ0) is 11.1. The maximum absolute atomic E-state index is 8.65. The van der Waals surface area contributed by atoms with Crippen LogP contribution in [-0.2, 0) is 11.3 Å². The van der Waals surface area contributed by atoms with Gasteiger partial charge in [-0.05, 0) is 24.6 Å². The van der Waals surface area contributed by atoms with Crippen molar-refractivity contribution >= 4 is 11.6 Å². The maximum atomic E-state index is 8.65. The van der Waals surface area contributed by atoms with Gasteiger partial charge in [0.15, 0.2) is 0 Å². The molecule has 0 aliphatic carbocycles. The van der Waals surface area contributed by atoms with Crippen LogP contribution in [0.5, 0.6) is 0 Å². The van der Waals surface area contributed by atoms with Crippen LogP contribution >= 0.6 is 11.6 Å². The van der Waals surface area contributed by atoms with Crippen LogP contribution in [0.25, 0.3) is 0 Å². The van der Waals surface area contributed by atoms with Crippen LogP contribution in [0.2, 0.25) is 5.02 Å². The number of nitrogens with zero attached hydrogens (tertiary/aromatic N) is 1. The zero-order valence-electron chi connectivity index (χ0n) is 8.53. The van der Waals surface area contributed by atoms with Crippen LogP contribution in [0, 0.1) is 11.3 Å². The van der Waals surface area contributed by atoms with E-state index < -0.39 is 0 Å². The smallest absolute Gasteiger partial charge is 0.0992 e. The summed E-state index contributed by atoms with van der Waals surface area (Å²) < 4.78 is 5.36. The van der Waals surface area contributed by atoms with Gasteiger partial charge in [-0.1, -0.05) is 29.8 Å². The summed E-state index contributed by atoms with van der Waals surface area (Å²) in [6, 6.07) is 7.24. The average molecular weight is 222 g/mol. The SMILES string of the molecule is C/C=C/COCc1ccc(C#N)cc1Cl. The van der Waals surface area contributed by atoms with E-state index in [0.29, 0.717) is 23.8 Å². The van der Waals surface area contributed by atoms with Crippen molar-refractivity contribution in [1.82, 2.24) is 0 Å². The molecule has 1 rings (SSSR count). The van der Waals surface area contributed by atoms with Crippen molar-refractivity contribution in [1.29, 1.82) is 5.26 Å². The van der Waals surface area contributed by atoms with Crippen LogP contribution in [0.1, 0.15) is 18.1 Å². The Bertz CT molecular complexity index is 393.